The van der Waals surface area contributed by atoms with Crippen LogP contribution in [0, 0.1) is 0 Å². The summed E-state index contributed by atoms with van der Waals surface area (Å²) < 4.78 is 17.1. The fraction of sp³-hybridized carbons (Fsp3) is 0.545. The van der Waals surface area contributed by atoms with Gasteiger partial charge >= 0.3 is 11.9 Å². The number of carbonyl (C=O) groups is 2. The first kappa shape index (κ1) is 25.5. The van der Waals surface area contributed by atoms with Crippen molar-refractivity contribution in [2.24, 2.45) is 0 Å². The van der Waals surface area contributed by atoms with E-state index in [1.165, 1.54) is 0 Å². The van der Waals surface area contributed by atoms with Crippen LogP contribution >= 0.6 is 0 Å². The number of benzene rings is 1. The average Bonchev–Trinajstić information content (AvgIpc) is 2.68. The fourth-order valence-electron chi connectivity index (χ4n) is 3.19. The largest absolute Gasteiger partial charge is 0.493 e. The summed E-state index contributed by atoms with van der Waals surface area (Å²) in [5.74, 6) is -2.04. The maximum atomic E-state index is 9.10. The number of aliphatic carboxylic acids is 2. The summed E-state index contributed by atoms with van der Waals surface area (Å²) in [4.78, 5) is 20.7. The molecule has 0 aliphatic carbocycles. The molecule has 2 unspecified atom stereocenters. The summed E-state index contributed by atoms with van der Waals surface area (Å²) in [5, 5.41) is 14.8. The molecule has 2 N–H and O–H groups in total. The first-order valence-corrected chi connectivity index (χ1v) is 10.0. The Morgan fingerprint density at radius 2 is 1.77 bits per heavy atom. The molecule has 0 spiro atoms. The topological polar surface area (TPSA) is 106 Å². The molecule has 1 fully saturated rings. The molecule has 1 saturated heterocycles. The second kappa shape index (κ2) is 13.6. The van der Waals surface area contributed by atoms with Crippen molar-refractivity contribution in [1.29, 1.82) is 0 Å². The standard InChI is InChI=1S/C20H31NO3.C2H2O4/c1-5-8-18-9-10-19(20(13-18)22-4)23-12-7-6-11-21-14-16(2)24-17(3)15-21;3-1(4)2(5)6/h5,8-10,13,16-17H,6-7,11-12,14-15H2,1-4H3;(H,3,4)(H,5,6). The van der Waals surface area contributed by atoms with Gasteiger partial charge in [0.05, 0.1) is 25.9 Å². The van der Waals surface area contributed by atoms with Gasteiger partial charge in [0.15, 0.2) is 11.5 Å². The van der Waals surface area contributed by atoms with Crippen LogP contribution in [0.15, 0.2) is 24.3 Å². The molecule has 1 aromatic rings. The summed E-state index contributed by atoms with van der Waals surface area (Å²) in [7, 11) is 1.68. The van der Waals surface area contributed by atoms with Gasteiger partial charge in [0.1, 0.15) is 0 Å². The minimum atomic E-state index is -1.82. The van der Waals surface area contributed by atoms with Crippen molar-refractivity contribution in [2.45, 2.75) is 45.8 Å². The third-order valence-corrected chi connectivity index (χ3v) is 4.35. The van der Waals surface area contributed by atoms with Gasteiger partial charge in [0, 0.05) is 13.1 Å². The number of carboxylic acids is 2. The summed E-state index contributed by atoms with van der Waals surface area (Å²) >= 11 is 0. The predicted octanol–water partition coefficient (Wildman–Crippen LogP) is 3.15. The molecule has 0 aromatic heterocycles. The lowest BCUT2D eigenvalue weighted by atomic mass is 10.2. The van der Waals surface area contributed by atoms with Gasteiger partial charge in [-0.15, -0.1) is 0 Å². The fourth-order valence-corrected chi connectivity index (χ4v) is 3.19. The van der Waals surface area contributed by atoms with Crippen LogP contribution in [-0.4, -0.2) is 72.6 Å². The van der Waals surface area contributed by atoms with E-state index in [9.17, 15) is 0 Å². The smallest absolute Gasteiger partial charge is 0.414 e. The van der Waals surface area contributed by atoms with Gasteiger partial charge in [0.25, 0.3) is 0 Å². The summed E-state index contributed by atoms with van der Waals surface area (Å²) in [6, 6.07) is 6.04. The zero-order valence-electron chi connectivity index (χ0n) is 18.2. The van der Waals surface area contributed by atoms with Crippen LogP contribution in [0.5, 0.6) is 11.5 Å². The van der Waals surface area contributed by atoms with E-state index >= 15 is 0 Å². The second-order valence-electron chi connectivity index (χ2n) is 7.09. The highest BCUT2D eigenvalue weighted by molar-refractivity contribution is 6.27. The quantitative estimate of drug-likeness (QED) is 0.485. The molecule has 1 aromatic carbocycles. The van der Waals surface area contributed by atoms with Gasteiger partial charge < -0.3 is 24.4 Å². The van der Waals surface area contributed by atoms with Crippen molar-refractivity contribution < 1.29 is 34.0 Å². The Bertz CT molecular complexity index is 683. The van der Waals surface area contributed by atoms with Crippen molar-refractivity contribution in [3.05, 3.63) is 29.8 Å². The van der Waals surface area contributed by atoms with Gasteiger partial charge in [-0.25, -0.2) is 9.59 Å². The Kier molecular flexibility index (Phi) is 11.5. The first-order chi connectivity index (χ1) is 14.3. The number of nitrogens with zero attached hydrogens (tertiary/aromatic N) is 1. The van der Waals surface area contributed by atoms with Crippen molar-refractivity contribution in [1.82, 2.24) is 4.90 Å². The molecule has 0 bridgehead atoms. The molecule has 0 radical (unpaired) electrons. The normalized spacial score (nSPS) is 19.1. The number of hydrogen-bond donors (Lipinski definition) is 2. The number of methoxy groups -OCH3 is 1. The van der Waals surface area contributed by atoms with Crippen molar-refractivity contribution >= 4 is 18.0 Å². The molecule has 0 saturated carbocycles. The predicted molar refractivity (Wildman–Crippen MR) is 114 cm³/mol. The minimum Gasteiger partial charge on any atom is -0.493 e. The lowest BCUT2D eigenvalue weighted by Gasteiger charge is -2.35. The van der Waals surface area contributed by atoms with Gasteiger partial charge in [-0.3, -0.25) is 4.90 Å². The van der Waals surface area contributed by atoms with E-state index in [2.05, 4.69) is 24.8 Å². The minimum absolute atomic E-state index is 0.338. The molecule has 1 aliphatic heterocycles. The molecule has 2 atom stereocenters. The lowest BCUT2D eigenvalue weighted by molar-refractivity contribution is -0.159. The maximum absolute atomic E-state index is 9.10. The Morgan fingerprint density at radius 1 is 1.13 bits per heavy atom. The van der Waals surface area contributed by atoms with Crippen LogP contribution in [0.3, 0.4) is 0 Å². The van der Waals surface area contributed by atoms with Crippen LogP contribution in [0.4, 0.5) is 0 Å². The zero-order valence-corrected chi connectivity index (χ0v) is 18.2. The van der Waals surface area contributed by atoms with Crippen molar-refractivity contribution in [3.63, 3.8) is 0 Å². The number of hydrogen-bond acceptors (Lipinski definition) is 6. The Hall–Kier alpha value is -2.58. The molecular weight excluding hydrogens is 390 g/mol. The Balaban J connectivity index is 0.000000656. The van der Waals surface area contributed by atoms with E-state index in [4.69, 9.17) is 34.0 Å². The molecule has 30 heavy (non-hydrogen) atoms. The number of morpholine rings is 1. The number of carboxylic acid groups (broad SMARTS) is 2. The average molecular weight is 424 g/mol. The SMILES string of the molecule is CC=Cc1ccc(OCCCCN2CC(C)OC(C)C2)c(OC)c1.O=C(O)C(=O)O. The van der Waals surface area contributed by atoms with Crippen LogP contribution in [0.1, 0.15) is 39.2 Å². The van der Waals surface area contributed by atoms with Crippen LogP contribution in [-0.2, 0) is 14.3 Å². The monoisotopic (exact) mass is 423 g/mol. The Labute approximate surface area is 178 Å². The van der Waals surface area contributed by atoms with Gasteiger partial charge in [0.2, 0.25) is 0 Å². The van der Waals surface area contributed by atoms with Crippen LogP contribution in [0.25, 0.3) is 6.08 Å². The first-order valence-electron chi connectivity index (χ1n) is 10.0. The van der Waals surface area contributed by atoms with Gasteiger partial charge in [-0.1, -0.05) is 18.2 Å². The van der Waals surface area contributed by atoms with Crippen LogP contribution in [0.2, 0.25) is 0 Å². The third-order valence-electron chi connectivity index (χ3n) is 4.35. The maximum Gasteiger partial charge on any atom is 0.414 e. The lowest BCUT2D eigenvalue weighted by Crippen LogP contribution is -2.45. The van der Waals surface area contributed by atoms with E-state index in [1.54, 1.807) is 7.11 Å². The molecule has 1 heterocycles. The van der Waals surface area contributed by atoms with E-state index in [-0.39, 0.29) is 0 Å². The number of rotatable bonds is 8. The summed E-state index contributed by atoms with van der Waals surface area (Å²) in [5.41, 5.74) is 1.12. The highest BCUT2D eigenvalue weighted by Gasteiger charge is 2.21. The molecule has 168 valence electrons. The summed E-state index contributed by atoms with van der Waals surface area (Å²) in [6.07, 6.45) is 6.92. The molecule has 2 rings (SSSR count). The van der Waals surface area contributed by atoms with E-state index in [1.807, 2.05) is 31.2 Å². The Morgan fingerprint density at radius 3 is 2.30 bits per heavy atom. The van der Waals surface area contributed by atoms with Crippen LogP contribution < -0.4 is 9.47 Å². The summed E-state index contributed by atoms with van der Waals surface area (Å²) in [6.45, 7) is 10.2. The highest BCUT2D eigenvalue weighted by Crippen LogP contribution is 2.28. The van der Waals surface area contributed by atoms with Gasteiger partial charge in [-0.05, 0) is 57.9 Å². The molecular formula is C22H33NO7. The van der Waals surface area contributed by atoms with Crippen molar-refractivity contribution in [3.8, 4) is 11.5 Å². The number of unbranched alkanes of at least 4 members (excludes halogenated alkanes) is 1. The zero-order chi connectivity index (χ0) is 22.5. The molecule has 0 amide bonds. The number of allylic oxidation sites excluding steroid dienone is 1. The third kappa shape index (κ3) is 9.76. The molecule has 8 heteroatoms. The second-order valence-corrected chi connectivity index (χ2v) is 7.09. The van der Waals surface area contributed by atoms with E-state index < -0.39 is 11.9 Å². The van der Waals surface area contributed by atoms with E-state index in [0.29, 0.717) is 12.2 Å². The molecule has 1 aliphatic rings. The number of ether oxygens (including phenoxy) is 3. The highest BCUT2D eigenvalue weighted by atomic mass is 16.5. The molecule has 8 nitrogen and oxygen atoms in total. The van der Waals surface area contributed by atoms with Crippen molar-refractivity contribution in [2.75, 3.05) is 33.4 Å². The van der Waals surface area contributed by atoms with E-state index in [0.717, 1.165) is 56.1 Å². The van der Waals surface area contributed by atoms with Gasteiger partial charge in [-0.2, -0.15) is 0 Å².